The number of fused-ring (bicyclic) bond motifs is 1. The third-order valence-corrected chi connectivity index (χ3v) is 8.06. The van der Waals surface area contributed by atoms with Crippen molar-refractivity contribution in [3.63, 3.8) is 0 Å². The molecule has 0 spiro atoms. The molecule has 1 atom stereocenters. The smallest absolute Gasteiger partial charge is 0.265 e. The third-order valence-electron chi connectivity index (χ3n) is 5.32. The topological polar surface area (TPSA) is 71.1 Å². The van der Waals surface area contributed by atoms with Crippen LogP contribution in [-0.4, -0.2) is 22.0 Å². The van der Waals surface area contributed by atoms with E-state index in [9.17, 15) is 9.59 Å². The fourth-order valence-corrected chi connectivity index (χ4v) is 5.70. The molecule has 2 N–H and O–H groups in total. The Labute approximate surface area is 215 Å². The van der Waals surface area contributed by atoms with Gasteiger partial charge in [-0.05, 0) is 59.5 Å². The lowest BCUT2D eigenvalue weighted by molar-refractivity contribution is -0.115. The highest BCUT2D eigenvalue weighted by atomic mass is 32.2. The van der Waals surface area contributed by atoms with Crippen LogP contribution in [0, 0.1) is 0 Å². The first-order chi connectivity index (χ1) is 17.0. The lowest BCUT2D eigenvalue weighted by Gasteiger charge is -2.11. The lowest BCUT2D eigenvalue weighted by Crippen LogP contribution is -2.22. The first-order valence-electron chi connectivity index (χ1n) is 10.9. The van der Waals surface area contributed by atoms with Crippen LogP contribution in [0.4, 0.5) is 10.8 Å². The van der Waals surface area contributed by atoms with Crippen molar-refractivity contribution in [2.45, 2.75) is 17.1 Å². The minimum atomic E-state index is -0.311. The average molecular weight is 516 g/mol. The second kappa shape index (κ2) is 10.4. The molecule has 5 aromatic rings. The number of anilines is 2. The van der Waals surface area contributed by atoms with Gasteiger partial charge < -0.3 is 10.6 Å². The number of amides is 2. The fourth-order valence-electron chi connectivity index (χ4n) is 3.49. The first-order valence-corrected chi connectivity index (χ1v) is 13.6. The summed E-state index contributed by atoms with van der Waals surface area (Å²) in [4.78, 5) is 31.2. The van der Waals surface area contributed by atoms with Gasteiger partial charge in [-0.1, -0.05) is 42.5 Å². The Hall–Kier alpha value is -3.46. The van der Waals surface area contributed by atoms with Gasteiger partial charge in [0.25, 0.3) is 5.91 Å². The zero-order valence-corrected chi connectivity index (χ0v) is 21.2. The molecule has 0 aliphatic carbocycles. The Morgan fingerprint density at radius 1 is 0.886 bits per heavy atom. The number of hydrogen-bond donors (Lipinski definition) is 2. The Kier molecular flexibility index (Phi) is 6.94. The molecule has 174 valence electrons. The highest BCUT2D eigenvalue weighted by Crippen LogP contribution is 2.29. The van der Waals surface area contributed by atoms with Crippen molar-refractivity contribution in [2.24, 2.45) is 0 Å². The molecule has 0 saturated heterocycles. The van der Waals surface area contributed by atoms with E-state index in [1.165, 1.54) is 39.8 Å². The molecule has 1 unspecified atom stereocenters. The Balaban J connectivity index is 1.18. The number of rotatable bonds is 7. The van der Waals surface area contributed by atoms with Gasteiger partial charge in [-0.25, -0.2) is 4.98 Å². The summed E-state index contributed by atoms with van der Waals surface area (Å²) in [5, 5.41) is 12.3. The Morgan fingerprint density at radius 3 is 2.46 bits per heavy atom. The van der Waals surface area contributed by atoms with Gasteiger partial charge in [0, 0.05) is 21.5 Å². The average Bonchev–Trinajstić information content (AvgIpc) is 3.58. The van der Waals surface area contributed by atoms with Crippen molar-refractivity contribution < 1.29 is 9.59 Å². The van der Waals surface area contributed by atoms with Crippen LogP contribution in [0.15, 0.2) is 94.5 Å². The molecule has 2 heterocycles. The normalized spacial score (nSPS) is 11.8. The standard InChI is InChI=1S/C27H21N3O2S3/c1-17(35-22-12-10-21(11-13-22)28-26(32)24-7-4-14-33-24)25(31)30-27-29-23(16-34-27)20-9-8-18-5-2-3-6-19(18)15-20/h2-17H,1H3,(H,28,32)(H,29,30,31). The number of carbonyl (C=O) groups is 2. The van der Waals surface area contributed by atoms with Gasteiger partial charge in [0.15, 0.2) is 5.13 Å². The zero-order valence-electron chi connectivity index (χ0n) is 18.7. The van der Waals surface area contributed by atoms with E-state index in [-0.39, 0.29) is 17.1 Å². The number of nitrogens with one attached hydrogen (secondary N) is 2. The fraction of sp³-hybridized carbons (Fsp3) is 0.0741. The Bertz CT molecular complexity index is 1480. The molecule has 5 rings (SSSR count). The van der Waals surface area contributed by atoms with Crippen LogP contribution < -0.4 is 10.6 Å². The molecule has 2 amide bonds. The highest BCUT2D eigenvalue weighted by Gasteiger charge is 2.17. The third kappa shape index (κ3) is 5.62. The highest BCUT2D eigenvalue weighted by molar-refractivity contribution is 8.00. The summed E-state index contributed by atoms with van der Waals surface area (Å²) < 4.78 is 0. The molecule has 2 aromatic heterocycles. The molecule has 0 aliphatic rings. The minimum Gasteiger partial charge on any atom is -0.321 e. The van der Waals surface area contributed by atoms with E-state index in [4.69, 9.17) is 0 Å². The van der Waals surface area contributed by atoms with E-state index >= 15 is 0 Å². The van der Waals surface area contributed by atoms with Crippen LogP contribution in [0.3, 0.4) is 0 Å². The molecule has 0 fully saturated rings. The van der Waals surface area contributed by atoms with E-state index < -0.39 is 0 Å². The molecule has 0 bridgehead atoms. The zero-order chi connectivity index (χ0) is 24.2. The molecule has 3 aromatic carbocycles. The van der Waals surface area contributed by atoms with E-state index in [0.29, 0.717) is 15.7 Å². The van der Waals surface area contributed by atoms with E-state index in [1.807, 2.05) is 66.2 Å². The van der Waals surface area contributed by atoms with Gasteiger partial charge in [-0.3, -0.25) is 9.59 Å². The molecule has 8 heteroatoms. The SMILES string of the molecule is CC(Sc1ccc(NC(=O)c2cccs2)cc1)C(=O)Nc1nc(-c2ccc3ccccc3c2)cs1. The predicted octanol–water partition coefficient (Wildman–Crippen LogP) is 7.40. The van der Waals surface area contributed by atoms with Gasteiger partial charge in [0.2, 0.25) is 5.91 Å². The van der Waals surface area contributed by atoms with Crippen molar-refractivity contribution >= 4 is 67.8 Å². The van der Waals surface area contributed by atoms with E-state index in [2.05, 4.69) is 39.9 Å². The quantitative estimate of drug-likeness (QED) is 0.222. The number of thioether (sulfide) groups is 1. The van der Waals surface area contributed by atoms with E-state index in [1.54, 1.807) is 6.07 Å². The number of thiazole rings is 1. The summed E-state index contributed by atoms with van der Waals surface area (Å²) in [7, 11) is 0. The molecular weight excluding hydrogens is 495 g/mol. The lowest BCUT2D eigenvalue weighted by atomic mass is 10.1. The summed E-state index contributed by atoms with van der Waals surface area (Å²) in [6.07, 6.45) is 0. The summed E-state index contributed by atoms with van der Waals surface area (Å²) in [5.74, 6) is -0.232. The van der Waals surface area contributed by atoms with Crippen LogP contribution in [0.2, 0.25) is 0 Å². The molecule has 0 radical (unpaired) electrons. The molecule has 0 saturated carbocycles. The Morgan fingerprint density at radius 2 is 1.69 bits per heavy atom. The number of benzene rings is 3. The molecule has 5 nitrogen and oxygen atoms in total. The largest absolute Gasteiger partial charge is 0.321 e. The predicted molar refractivity (Wildman–Crippen MR) is 148 cm³/mol. The van der Waals surface area contributed by atoms with Crippen LogP contribution in [0.25, 0.3) is 22.0 Å². The van der Waals surface area contributed by atoms with Gasteiger partial charge in [0.05, 0.1) is 15.8 Å². The van der Waals surface area contributed by atoms with Crippen LogP contribution in [0.1, 0.15) is 16.6 Å². The van der Waals surface area contributed by atoms with Crippen molar-refractivity contribution in [2.75, 3.05) is 10.6 Å². The maximum atomic E-state index is 12.8. The van der Waals surface area contributed by atoms with E-state index in [0.717, 1.165) is 21.5 Å². The van der Waals surface area contributed by atoms with Gasteiger partial charge in [-0.2, -0.15) is 0 Å². The monoisotopic (exact) mass is 515 g/mol. The molecule has 35 heavy (non-hydrogen) atoms. The number of thiophene rings is 1. The maximum absolute atomic E-state index is 12.8. The summed E-state index contributed by atoms with van der Waals surface area (Å²) in [6, 6.07) is 25.6. The van der Waals surface area contributed by atoms with Gasteiger partial charge in [-0.15, -0.1) is 34.4 Å². The first kappa shape index (κ1) is 23.3. The second-order valence-corrected chi connectivity index (χ2v) is 11.0. The van der Waals surface area contributed by atoms with Crippen molar-refractivity contribution in [3.8, 4) is 11.3 Å². The molecular formula is C27H21N3O2S3. The number of hydrogen-bond acceptors (Lipinski definition) is 6. The van der Waals surface area contributed by atoms with Crippen molar-refractivity contribution in [1.82, 2.24) is 4.98 Å². The van der Waals surface area contributed by atoms with Crippen LogP contribution >= 0.6 is 34.4 Å². The second-order valence-electron chi connectivity index (χ2n) is 7.80. The maximum Gasteiger partial charge on any atom is 0.265 e. The number of carbonyl (C=O) groups excluding carboxylic acids is 2. The van der Waals surface area contributed by atoms with Crippen LogP contribution in [0.5, 0.6) is 0 Å². The summed E-state index contributed by atoms with van der Waals surface area (Å²) >= 11 is 4.27. The molecule has 0 aliphatic heterocycles. The van der Waals surface area contributed by atoms with Gasteiger partial charge in [0.1, 0.15) is 0 Å². The summed E-state index contributed by atoms with van der Waals surface area (Å²) in [5.41, 5.74) is 2.58. The number of nitrogens with zero attached hydrogens (tertiary/aromatic N) is 1. The van der Waals surface area contributed by atoms with Crippen molar-refractivity contribution in [1.29, 1.82) is 0 Å². The minimum absolute atomic E-state index is 0.107. The van der Waals surface area contributed by atoms with Gasteiger partial charge >= 0.3 is 0 Å². The summed E-state index contributed by atoms with van der Waals surface area (Å²) in [6.45, 7) is 1.87. The van der Waals surface area contributed by atoms with Crippen LogP contribution in [-0.2, 0) is 4.79 Å². The van der Waals surface area contributed by atoms with Crippen molar-refractivity contribution in [3.05, 3.63) is 94.5 Å². The number of aromatic nitrogens is 1.